The molecule has 3 N–H and O–H groups in total. The van der Waals surface area contributed by atoms with Crippen LogP contribution in [0.25, 0.3) is 0 Å². The van der Waals surface area contributed by atoms with Crippen molar-refractivity contribution in [3.63, 3.8) is 0 Å². The van der Waals surface area contributed by atoms with E-state index in [4.69, 9.17) is 10.6 Å². The second-order valence-corrected chi connectivity index (χ2v) is 3.54. The third-order valence-electron chi connectivity index (χ3n) is 0.691. The van der Waals surface area contributed by atoms with Gasteiger partial charge in [0.1, 0.15) is 5.17 Å². The molecule has 0 aliphatic rings. The largest absolute Gasteiger partial charge is 0.471 e. The third-order valence-corrected chi connectivity index (χ3v) is 1.81. The molecule has 0 aromatic carbocycles. The molecule has 0 radical (unpaired) electrons. The van der Waals surface area contributed by atoms with Crippen molar-refractivity contribution in [2.45, 2.75) is 0 Å². The van der Waals surface area contributed by atoms with Gasteiger partial charge in [0.05, 0.1) is 0 Å². The zero-order valence-corrected chi connectivity index (χ0v) is 8.88. The van der Waals surface area contributed by atoms with Crippen LogP contribution in [0.3, 0.4) is 0 Å². The lowest BCUT2D eigenvalue weighted by atomic mass is 11.3. The van der Waals surface area contributed by atoms with Gasteiger partial charge in [-0.15, -0.1) is 12.6 Å². The lowest BCUT2D eigenvalue weighted by Crippen LogP contribution is -1.99. The average molecular weight is 216 g/mol. The monoisotopic (exact) mass is 216 g/mol. The van der Waals surface area contributed by atoms with Gasteiger partial charge in [-0.1, -0.05) is 0 Å². The molecule has 0 bridgehead atoms. The van der Waals surface area contributed by atoms with Crippen molar-refractivity contribution < 1.29 is 18.5 Å². The van der Waals surface area contributed by atoms with Gasteiger partial charge in [0, 0.05) is 21.3 Å². The van der Waals surface area contributed by atoms with Gasteiger partial charge in [0.15, 0.2) is 0 Å². The van der Waals surface area contributed by atoms with E-state index in [1.165, 1.54) is 0 Å². The van der Waals surface area contributed by atoms with Crippen LogP contribution in [0.1, 0.15) is 0 Å². The summed E-state index contributed by atoms with van der Waals surface area (Å²) in [7, 11) is 0.134. The predicted octanol–water partition coefficient (Wildman–Crippen LogP) is 0.240. The smallest absolute Gasteiger partial charge is 0.379 e. The quantitative estimate of drug-likeness (QED) is 0.266. The van der Waals surface area contributed by atoms with Crippen LogP contribution in [0.4, 0.5) is 0 Å². The number of thiol groups is 1. The van der Waals surface area contributed by atoms with Crippen LogP contribution >= 0.6 is 20.5 Å². The number of rotatable bonds is 2. The van der Waals surface area contributed by atoms with Crippen LogP contribution in [0.5, 0.6) is 0 Å². The minimum absolute atomic E-state index is 0.324. The van der Waals surface area contributed by atoms with Crippen LogP contribution in [-0.2, 0) is 13.6 Å². The molecule has 0 aromatic rings. The lowest BCUT2D eigenvalue weighted by Gasteiger charge is -2.01. The normalized spacial score (nSPS) is 11.9. The number of nitrogens with two attached hydrogens (primary N) is 1. The summed E-state index contributed by atoms with van der Waals surface area (Å²) >= 11 is 3.63. The Hall–Kier alpha value is -0.0700. The fourth-order valence-corrected chi connectivity index (χ4v) is 0.224. The summed E-state index contributed by atoms with van der Waals surface area (Å²) in [5.41, 5.74) is 4.91. The van der Waals surface area contributed by atoms with E-state index in [2.05, 4.69) is 26.7 Å². The number of hydrogen-bond acceptors (Lipinski definition) is 4. The van der Waals surface area contributed by atoms with Gasteiger partial charge >= 0.3 is 7.82 Å². The highest BCUT2D eigenvalue weighted by Gasteiger charge is 2.13. The number of nitrogens with zero attached hydrogens (tertiary/aromatic N) is 1. The standard InChI is InChI=1S/C2H6N2S.C2H7O4P/c1-4-2(3)5;1-5-7(3,4)6-2/h1H3,(H3,3,4,5);1-2H3,(H,3,4). The Morgan fingerprint density at radius 1 is 1.58 bits per heavy atom. The molecule has 0 fully saturated rings. The number of aliphatic imine (C=N–C) groups is 1. The summed E-state index contributed by atoms with van der Waals surface area (Å²) in [6.45, 7) is 0. The first-order chi connectivity index (χ1) is 5.39. The molecule has 0 heterocycles. The molecule has 0 amide bonds. The van der Waals surface area contributed by atoms with Gasteiger partial charge in [0.25, 0.3) is 0 Å². The maximum absolute atomic E-state index is 10.1. The zero-order chi connectivity index (χ0) is 10.2. The van der Waals surface area contributed by atoms with Gasteiger partial charge in [0.2, 0.25) is 0 Å². The average Bonchev–Trinajstić information content (AvgIpc) is 2.05. The van der Waals surface area contributed by atoms with Crippen molar-refractivity contribution in [3.8, 4) is 0 Å². The molecule has 0 unspecified atom stereocenters. The highest BCUT2D eigenvalue weighted by atomic mass is 32.1. The van der Waals surface area contributed by atoms with Crippen molar-refractivity contribution in [1.29, 1.82) is 0 Å². The molecule has 12 heavy (non-hydrogen) atoms. The van der Waals surface area contributed by atoms with E-state index >= 15 is 0 Å². The van der Waals surface area contributed by atoms with Gasteiger partial charge < -0.3 is 10.6 Å². The van der Waals surface area contributed by atoms with E-state index in [-0.39, 0.29) is 0 Å². The van der Waals surface area contributed by atoms with Crippen molar-refractivity contribution in [1.82, 2.24) is 0 Å². The van der Waals surface area contributed by atoms with E-state index in [0.29, 0.717) is 5.17 Å². The predicted molar refractivity (Wildman–Crippen MR) is 50.4 cm³/mol. The highest BCUT2D eigenvalue weighted by molar-refractivity contribution is 7.96. The molecule has 0 aromatic heterocycles. The fraction of sp³-hybridized carbons (Fsp3) is 0.750. The number of phosphoric ester groups is 1. The molecule has 0 saturated heterocycles. The first kappa shape index (κ1) is 14.5. The second kappa shape index (κ2) is 7.57. The molecule has 0 aliphatic carbocycles. The van der Waals surface area contributed by atoms with Crippen molar-refractivity contribution in [3.05, 3.63) is 0 Å². The van der Waals surface area contributed by atoms with Crippen LogP contribution < -0.4 is 5.73 Å². The molecule has 0 aliphatic heterocycles. The Labute approximate surface area is 76.8 Å². The van der Waals surface area contributed by atoms with E-state index in [1.54, 1.807) is 7.05 Å². The first-order valence-electron chi connectivity index (χ1n) is 2.75. The summed E-state index contributed by atoms with van der Waals surface area (Å²) in [5, 5.41) is 0.324. The van der Waals surface area contributed by atoms with E-state index in [0.717, 1.165) is 14.2 Å². The summed E-state index contributed by atoms with van der Waals surface area (Å²) in [5.74, 6) is 0. The van der Waals surface area contributed by atoms with E-state index in [1.807, 2.05) is 0 Å². The molecule has 8 heteroatoms. The Morgan fingerprint density at radius 2 is 1.83 bits per heavy atom. The van der Waals surface area contributed by atoms with Gasteiger partial charge in [-0.2, -0.15) is 0 Å². The molecule has 6 nitrogen and oxygen atoms in total. The lowest BCUT2D eigenvalue weighted by molar-refractivity contribution is 0.204. The van der Waals surface area contributed by atoms with Crippen molar-refractivity contribution in [2.24, 2.45) is 10.7 Å². The number of hydrogen-bond donors (Lipinski definition) is 3. The molecule has 0 spiro atoms. The summed E-state index contributed by atoms with van der Waals surface area (Å²) < 4.78 is 18.0. The Balaban J connectivity index is 0. The maximum atomic E-state index is 10.1. The van der Waals surface area contributed by atoms with Crippen LogP contribution in [0.2, 0.25) is 0 Å². The first-order valence-corrected chi connectivity index (χ1v) is 4.69. The summed E-state index contributed by atoms with van der Waals surface area (Å²) in [6.07, 6.45) is 0. The number of amidine groups is 1. The minimum atomic E-state index is -3.65. The second-order valence-electron chi connectivity index (χ2n) is 1.42. The Morgan fingerprint density at radius 3 is 1.83 bits per heavy atom. The van der Waals surface area contributed by atoms with Gasteiger partial charge in [-0.25, -0.2) is 4.57 Å². The number of phosphoric acid groups is 1. The minimum Gasteiger partial charge on any atom is -0.379 e. The van der Waals surface area contributed by atoms with Gasteiger partial charge in [-0.3, -0.25) is 14.0 Å². The molecular formula is C4H13N2O4PS. The van der Waals surface area contributed by atoms with E-state index < -0.39 is 7.82 Å². The van der Waals surface area contributed by atoms with Crippen molar-refractivity contribution >= 4 is 25.6 Å². The van der Waals surface area contributed by atoms with E-state index in [9.17, 15) is 4.57 Å². The SMILES string of the molecule is CN=C(N)S.COP(=O)(O)OC. The van der Waals surface area contributed by atoms with Gasteiger partial charge in [-0.05, 0) is 0 Å². The molecule has 0 rings (SSSR count). The third kappa shape index (κ3) is 12.6. The molecular weight excluding hydrogens is 203 g/mol. The van der Waals surface area contributed by atoms with Crippen LogP contribution in [0.15, 0.2) is 4.99 Å². The summed E-state index contributed by atoms with van der Waals surface area (Å²) in [6, 6.07) is 0. The zero-order valence-electron chi connectivity index (χ0n) is 7.09. The Kier molecular flexibility index (Phi) is 9.12. The van der Waals surface area contributed by atoms with Crippen LogP contribution in [0, 0.1) is 0 Å². The fourth-order valence-electron chi connectivity index (χ4n) is 0.0745. The molecule has 74 valence electrons. The topological polar surface area (TPSA) is 94.1 Å². The van der Waals surface area contributed by atoms with Crippen molar-refractivity contribution in [2.75, 3.05) is 21.3 Å². The van der Waals surface area contributed by atoms with Crippen LogP contribution in [-0.4, -0.2) is 31.3 Å². The molecule has 0 saturated carbocycles. The highest BCUT2D eigenvalue weighted by Crippen LogP contribution is 2.40. The molecule has 0 atom stereocenters. The Bertz CT molecular complexity index is 174. The summed E-state index contributed by atoms with van der Waals surface area (Å²) in [4.78, 5) is 11.7. The maximum Gasteiger partial charge on any atom is 0.471 e.